The van der Waals surface area contributed by atoms with Gasteiger partial charge in [0.2, 0.25) is 0 Å². The van der Waals surface area contributed by atoms with Gasteiger partial charge in [0.25, 0.3) is 0 Å². The average Bonchev–Trinajstić information content (AvgIpc) is 2.82. The highest BCUT2D eigenvalue weighted by atomic mass is 79.9. The first-order chi connectivity index (χ1) is 8.56. The molecule has 0 aliphatic rings. The van der Waals surface area contributed by atoms with Crippen LogP contribution in [0.1, 0.15) is 5.69 Å². The van der Waals surface area contributed by atoms with Gasteiger partial charge in [-0.25, -0.2) is 9.97 Å². The fourth-order valence-corrected chi connectivity index (χ4v) is 3.71. The Bertz CT molecular complexity index is 747. The summed E-state index contributed by atoms with van der Waals surface area (Å²) in [6.07, 6.45) is 1.98. The van der Waals surface area contributed by atoms with Crippen LogP contribution in [0.3, 0.4) is 0 Å². The Morgan fingerprint density at radius 1 is 1.33 bits per heavy atom. The van der Waals surface area contributed by atoms with Gasteiger partial charge in [0.15, 0.2) is 10.8 Å². The highest BCUT2D eigenvalue weighted by Crippen LogP contribution is 2.31. The molecule has 7 heteroatoms. The molecule has 18 heavy (non-hydrogen) atoms. The van der Waals surface area contributed by atoms with Gasteiger partial charge in [0.1, 0.15) is 5.69 Å². The van der Waals surface area contributed by atoms with Crippen LogP contribution in [-0.2, 0) is 0 Å². The maximum Gasteiger partial charge on any atom is 0.180 e. The van der Waals surface area contributed by atoms with E-state index in [4.69, 9.17) is 5.73 Å². The molecule has 0 saturated carbocycles. The van der Waals surface area contributed by atoms with Crippen molar-refractivity contribution in [2.75, 3.05) is 5.73 Å². The van der Waals surface area contributed by atoms with Gasteiger partial charge >= 0.3 is 0 Å². The van der Waals surface area contributed by atoms with Crippen molar-refractivity contribution < 1.29 is 0 Å². The molecule has 4 nitrogen and oxygen atoms in total. The second kappa shape index (κ2) is 4.32. The maximum atomic E-state index is 5.70. The fraction of sp³-hybridized carbons (Fsp3) is 0.0909. The molecule has 3 aromatic rings. The van der Waals surface area contributed by atoms with Crippen LogP contribution in [0.4, 0.5) is 5.13 Å². The van der Waals surface area contributed by atoms with Crippen LogP contribution in [0.15, 0.2) is 26.6 Å². The third kappa shape index (κ3) is 1.86. The van der Waals surface area contributed by atoms with Gasteiger partial charge in [-0.05, 0) is 44.8 Å². The van der Waals surface area contributed by atoms with Crippen molar-refractivity contribution in [2.45, 2.75) is 6.92 Å². The number of anilines is 1. The Kier molecular flexibility index (Phi) is 2.91. The van der Waals surface area contributed by atoms with Gasteiger partial charge < -0.3 is 5.73 Å². The third-order valence-corrected chi connectivity index (χ3v) is 4.27. The fourth-order valence-electron chi connectivity index (χ4n) is 1.89. The number of aryl methyl sites for hydroxylation is 1. The van der Waals surface area contributed by atoms with E-state index < -0.39 is 0 Å². The van der Waals surface area contributed by atoms with Crippen molar-refractivity contribution in [3.05, 3.63) is 32.3 Å². The van der Waals surface area contributed by atoms with E-state index in [1.165, 1.54) is 11.3 Å². The van der Waals surface area contributed by atoms with Gasteiger partial charge in [-0.1, -0.05) is 0 Å². The first-order valence-electron chi connectivity index (χ1n) is 5.11. The summed E-state index contributed by atoms with van der Waals surface area (Å²) in [5.41, 5.74) is 9.33. The molecule has 0 aliphatic heterocycles. The third-order valence-electron chi connectivity index (χ3n) is 2.58. The molecule has 0 spiro atoms. The van der Waals surface area contributed by atoms with Crippen molar-refractivity contribution in [2.24, 2.45) is 0 Å². The lowest BCUT2D eigenvalue weighted by Crippen LogP contribution is -1.91. The molecule has 0 aromatic carbocycles. The lowest BCUT2D eigenvalue weighted by Gasteiger charge is -2.02. The summed E-state index contributed by atoms with van der Waals surface area (Å²) in [7, 11) is 0. The van der Waals surface area contributed by atoms with Gasteiger partial charge in [0, 0.05) is 16.0 Å². The second-order valence-electron chi connectivity index (χ2n) is 3.82. The standard InChI is InChI=1S/C11H8Br2N4S/c1-5-9(8-4-18-11(14)16-8)17-3-6(12)2-7(13)10(17)15-5/h2-4H,1H3,(H2,14,16). The molecule has 0 saturated heterocycles. The summed E-state index contributed by atoms with van der Waals surface area (Å²) in [6.45, 7) is 1.97. The van der Waals surface area contributed by atoms with E-state index in [1.54, 1.807) is 0 Å². The molecule has 0 unspecified atom stereocenters. The summed E-state index contributed by atoms with van der Waals surface area (Å²) in [4.78, 5) is 8.89. The van der Waals surface area contributed by atoms with Crippen molar-refractivity contribution in [1.29, 1.82) is 0 Å². The Labute approximate surface area is 124 Å². The van der Waals surface area contributed by atoms with Crippen molar-refractivity contribution in [3.63, 3.8) is 0 Å². The van der Waals surface area contributed by atoms with Crippen LogP contribution >= 0.6 is 43.2 Å². The van der Waals surface area contributed by atoms with Crippen molar-refractivity contribution >= 4 is 54.0 Å². The van der Waals surface area contributed by atoms with E-state index in [1.807, 2.05) is 29.0 Å². The minimum absolute atomic E-state index is 0.563. The number of fused-ring (bicyclic) bond motifs is 1. The molecule has 2 N–H and O–H groups in total. The molecular formula is C11H8Br2N4S. The number of hydrogen-bond acceptors (Lipinski definition) is 4. The zero-order valence-electron chi connectivity index (χ0n) is 9.32. The lowest BCUT2D eigenvalue weighted by molar-refractivity contribution is 1.16. The zero-order chi connectivity index (χ0) is 12.9. The van der Waals surface area contributed by atoms with Crippen molar-refractivity contribution in [3.8, 4) is 11.4 Å². The van der Waals surface area contributed by atoms with E-state index in [-0.39, 0.29) is 0 Å². The van der Waals surface area contributed by atoms with Crippen LogP contribution in [0, 0.1) is 6.92 Å². The molecular weight excluding hydrogens is 380 g/mol. The molecule has 0 amide bonds. The van der Waals surface area contributed by atoms with Gasteiger partial charge in [-0.2, -0.15) is 0 Å². The highest BCUT2D eigenvalue weighted by Gasteiger charge is 2.15. The minimum Gasteiger partial charge on any atom is -0.375 e. The summed E-state index contributed by atoms with van der Waals surface area (Å²) < 4.78 is 3.93. The Balaban J connectivity index is 2.38. The maximum absolute atomic E-state index is 5.70. The summed E-state index contributed by atoms with van der Waals surface area (Å²) in [5.74, 6) is 0. The molecule has 0 radical (unpaired) electrons. The van der Waals surface area contributed by atoms with E-state index in [0.717, 1.165) is 31.7 Å². The molecule has 0 fully saturated rings. The first-order valence-corrected chi connectivity index (χ1v) is 7.58. The summed E-state index contributed by atoms with van der Waals surface area (Å²) >= 11 is 8.43. The number of rotatable bonds is 1. The number of halogens is 2. The molecule has 3 rings (SSSR count). The second-order valence-corrected chi connectivity index (χ2v) is 6.48. The largest absolute Gasteiger partial charge is 0.375 e. The minimum atomic E-state index is 0.563. The smallest absolute Gasteiger partial charge is 0.180 e. The number of thiazole rings is 1. The van der Waals surface area contributed by atoms with Crippen LogP contribution < -0.4 is 5.73 Å². The highest BCUT2D eigenvalue weighted by molar-refractivity contribution is 9.11. The number of aromatic nitrogens is 3. The Morgan fingerprint density at radius 2 is 2.11 bits per heavy atom. The number of nitrogen functional groups attached to an aromatic ring is 1. The summed E-state index contributed by atoms with van der Waals surface area (Å²) in [5, 5.41) is 2.51. The normalized spacial score (nSPS) is 11.3. The molecule has 92 valence electrons. The van der Waals surface area contributed by atoms with E-state index >= 15 is 0 Å². The lowest BCUT2D eigenvalue weighted by atomic mass is 10.3. The first kappa shape index (κ1) is 12.1. The van der Waals surface area contributed by atoms with Gasteiger partial charge in [-0.3, -0.25) is 4.40 Å². The van der Waals surface area contributed by atoms with Crippen LogP contribution in [0.25, 0.3) is 17.0 Å². The number of pyridine rings is 1. The molecule has 3 aromatic heterocycles. The van der Waals surface area contributed by atoms with E-state index in [9.17, 15) is 0 Å². The van der Waals surface area contributed by atoms with Gasteiger partial charge in [-0.15, -0.1) is 11.3 Å². The number of imidazole rings is 1. The zero-order valence-corrected chi connectivity index (χ0v) is 13.3. The number of hydrogen-bond donors (Lipinski definition) is 1. The SMILES string of the molecule is Cc1nc2c(Br)cc(Br)cn2c1-c1csc(N)n1. The average molecular weight is 388 g/mol. The monoisotopic (exact) mass is 386 g/mol. The Morgan fingerprint density at radius 3 is 2.78 bits per heavy atom. The predicted molar refractivity (Wildman–Crippen MR) is 80.8 cm³/mol. The van der Waals surface area contributed by atoms with E-state index in [2.05, 4.69) is 41.8 Å². The predicted octanol–water partition coefficient (Wildman–Crippen LogP) is 3.87. The van der Waals surface area contributed by atoms with Crippen molar-refractivity contribution in [1.82, 2.24) is 14.4 Å². The topological polar surface area (TPSA) is 56.2 Å². The molecule has 3 heterocycles. The van der Waals surface area contributed by atoms with Crippen LogP contribution in [0.2, 0.25) is 0 Å². The quantitative estimate of drug-likeness (QED) is 0.689. The number of nitrogens with two attached hydrogens (primary N) is 1. The molecule has 0 aliphatic carbocycles. The number of nitrogens with zero attached hydrogens (tertiary/aromatic N) is 3. The van der Waals surface area contributed by atoms with Crippen LogP contribution in [-0.4, -0.2) is 14.4 Å². The molecule has 0 bridgehead atoms. The van der Waals surface area contributed by atoms with Crippen LogP contribution in [0.5, 0.6) is 0 Å². The van der Waals surface area contributed by atoms with E-state index in [0.29, 0.717) is 5.13 Å². The summed E-state index contributed by atoms with van der Waals surface area (Å²) in [6, 6.07) is 1.97. The van der Waals surface area contributed by atoms with Gasteiger partial charge in [0.05, 0.1) is 15.9 Å². The molecule has 0 atom stereocenters. The Hall–Kier alpha value is -0.920.